The second kappa shape index (κ2) is 7.69. The van der Waals surface area contributed by atoms with Gasteiger partial charge in [0.1, 0.15) is 5.75 Å². The summed E-state index contributed by atoms with van der Waals surface area (Å²) in [4.78, 5) is 15.3. The highest BCUT2D eigenvalue weighted by Crippen LogP contribution is 2.41. The van der Waals surface area contributed by atoms with Gasteiger partial charge >= 0.3 is 0 Å². The smallest absolute Gasteiger partial charge is 0.254 e. The number of methoxy groups -OCH3 is 1. The SMILES string of the molecule is COc1ccc(C2CCCCCN2C(=O)c2cc(Cl)c3c(c2)OCO3)cc1. The van der Waals surface area contributed by atoms with E-state index in [1.165, 1.54) is 0 Å². The maximum atomic E-state index is 13.4. The van der Waals surface area contributed by atoms with Crippen molar-refractivity contribution in [2.24, 2.45) is 0 Å². The van der Waals surface area contributed by atoms with Crippen LogP contribution < -0.4 is 14.2 Å². The van der Waals surface area contributed by atoms with Crippen LogP contribution in [0.3, 0.4) is 0 Å². The van der Waals surface area contributed by atoms with E-state index in [0.29, 0.717) is 22.1 Å². The number of fused-ring (bicyclic) bond motifs is 1. The number of likely N-dealkylation sites (tertiary alicyclic amines) is 1. The van der Waals surface area contributed by atoms with Crippen molar-refractivity contribution in [2.45, 2.75) is 31.7 Å². The lowest BCUT2D eigenvalue weighted by Gasteiger charge is -2.31. The van der Waals surface area contributed by atoms with E-state index in [-0.39, 0.29) is 18.7 Å². The Morgan fingerprint density at radius 1 is 1.15 bits per heavy atom. The Bertz CT molecular complexity index is 837. The Morgan fingerprint density at radius 3 is 2.74 bits per heavy atom. The minimum atomic E-state index is -0.0297. The number of hydrogen-bond acceptors (Lipinski definition) is 4. The van der Waals surface area contributed by atoms with Crippen LogP contribution in [0.4, 0.5) is 0 Å². The largest absolute Gasteiger partial charge is 0.497 e. The molecule has 6 heteroatoms. The highest BCUT2D eigenvalue weighted by molar-refractivity contribution is 6.32. The Morgan fingerprint density at radius 2 is 1.96 bits per heavy atom. The van der Waals surface area contributed by atoms with Crippen molar-refractivity contribution >= 4 is 17.5 Å². The molecule has 1 atom stereocenters. The highest BCUT2D eigenvalue weighted by Gasteiger charge is 2.29. The molecule has 1 saturated heterocycles. The Kier molecular flexibility index (Phi) is 5.12. The first-order valence-electron chi connectivity index (χ1n) is 9.21. The third-order valence-electron chi connectivity index (χ3n) is 5.19. The van der Waals surface area contributed by atoms with Gasteiger partial charge in [-0.1, -0.05) is 36.6 Å². The molecule has 0 saturated carbocycles. The van der Waals surface area contributed by atoms with Crippen LogP contribution in [0.1, 0.15) is 47.6 Å². The van der Waals surface area contributed by atoms with Gasteiger partial charge in [-0.05, 0) is 42.7 Å². The lowest BCUT2D eigenvalue weighted by molar-refractivity contribution is 0.0680. The molecule has 1 fully saturated rings. The monoisotopic (exact) mass is 387 g/mol. The van der Waals surface area contributed by atoms with Gasteiger partial charge in [-0.15, -0.1) is 0 Å². The quantitative estimate of drug-likeness (QED) is 0.756. The lowest BCUT2D eigenvalue weighted by Crippen LogP contribution is -2.34. The van der Waals surface area contributed by atoms with Gasteiger partial charge in [-0.25, -0.2) is 0 Å². The van der Waals surface area contributed by atoms with Gasteiger partial charge < -0.3 is 19.1 Å². The third-order valence-corrected chi connectivity index (χ3v) is 5.47. The second-order valence-corrected chi connectivity index (χ2v) is 7.24. The molecule has 2 heterocycles. The Labute approximate surface area is 163 Å². The molecule has 2 aromatic rings. The fraction of sp³-hybridized carbons (Fsp3) is 0.381. The van der Waals surface area contributed by atoms with Crippen molar-refractivity contribution in [1.29, 1.82) is 0 Å². The van der Waals surface area contributed by atoms with E-state index in [1.54, 1.807) is 19.2 Å². The van der Waals surface area contributed by atoms with E-state index in [1.807, 2.05) is 29.2 Å². The number of carbonyl (C=O) groups is 1. The molecular weight excluding hydrogens is 366 g/mol. The third kappa shape index (κ3) is 3.56. The van der Waals surface area contributed by atoms with Gasteiger partial charge in [0.15, 0.2) is 11.5 Å². The molecule has 0 aliphatic carbocycles. The average molecular weight is 388 g/mol. The molecule has 0 radical (unpaired) electrons. The van der Waals surface area contributed by atoms with Gasteiger partial charge in [-0.3, -0.25) is 4.79 Å². The van der Waals surface area contributed by atoms with Crippen molar-refractivity contribution in [3.8, 4) is 17.2 Å². The normalized spacial score (nSPS) is 18.9. The van der Waals surface area contributed by atoms with Crippen LogP contribution in [-0.4, -0.2) is 31.3 Å². The molecule has 1 unspecified atom stereocenters. The molecule has 1 amide bonds. The Hall–Kier alpha value is -2.40. The number of nitrogens with zero attached hydrogens (tertiary/aromatic N) is 1. The van der Waals surface area contributed by atoms with Crippen LogP contribution in [0.15, 0.2) is 36.4 Å². The Balaban J connectivity index is 1.66. The summed E-state index contributed by atoms with van der Waals surface area (Å²) < 4.78 is 16.0. The van der Waals surface area contributed by atoms with E-state index < -0.39 is 0 Å². The maximum Gasteiger partial charge on any atom is 0.254 e. The molecule has 0 N–H and O–H groups in total. The zero-order valence-electron chi connectivity index (χ0n) is 15.2. The standard InChI is InChI=1S/C21H22ClNO4/c1-25-16-8-6-14(7-9-16)18-5-3-2-4-10-23(18)21(24)15-11-17(22)20-19(12-15)26-13-27-20/h6-9,11-12,18H,2-5,10,13H2,1H3. The molecule has 5 nitrogen and oxygen atoms in total. The molecule has 0 aromatic heterocycles. The van der Waals surface area contributed by atoms with Gasteiger partial charge in [0.05, 0.1) is 18.2 Å². The summed E-state index contributed by atoms with van der Waals surface area (Å²) in [7, 11) is 1.65. The number of rotatable bonds is 3. The van der Waals surface area contributed by atoms with Crippen LogP contribution in [0.25, 0.3) is 0 Å². The minimum Gasteiger partial charge on any atom is -0.497 e. The summed E-state index contributed by atoms with van der Waals surface area (Å²) in [5.41, 5.74) is 1.66. The van der Waals surface area contributed by atoms with Crippen LogP contribution in [0.5, 0.6) is 17.2 Å². The number of carbonyl (C=O) groups excluding carboxylic acids is 1. The number of ether oxygens (including phenoxy) is 3. The molecule has 142 valence electrons. The molecule has 4 rings (SSSR count). The van der Waals surface area contributed by atoms with Crippen molar-refractivity contribution in [1.82, 2.24) is 4.90 Å². The number of hydrogen-bond donors (Lipinski definition) is 0. The van der Waals surface area contributed by atoms with Gasteiger partial charge in [0, 0.05) is 12.1 Å². The van der Waals surface area contributed by atoms with Crippen LogP contribution in [-0.2, 0) is 0 Å². The van der Waals surface area contributed by atoms with Crippen molar-refractivity contribution in [3.63, 3.8) is 0 Å². The first-order chi connectivity index (χ1) is 13.2. The molecule has 27 heavy (non-hydrogen) atoms. The average Bonchev–Trinajstić information content (AvgIpc) is 3.04. The van der Waals surface area contributed by atoms with Gasteiger partial charge in [-0.2, -0.15) is 0 Å². The number of benzene rings is 2. The summed E-state index contributed by atoms with van der Waals surface area (Å²) in [5.74, 6) is 1.82. The van der Waals surface area contributed by atoms with Crippen LogP contribution in [0, 0.1) is 0 Å². The predicted molar refractivity (Wildman–Crippen MR) is 103 cm³/mol. The fourth-order valence-electron chi connectivity index (χ4n) is 3.78. The van der Waals surface area contributed by atoms with Gasteiger partial charge in [0.2, 0.25) is 6.79 Å². The molecule has 2 aromatic carbocycles. The number of halogens is 1. The summed E-state index contributed by atoms with van der Waals surface area (Å²) in [5, 5.41) is 0.407. The molecule has 2 aliphatic rings. The molecule has 0 bridgehead atoms. The van der Waals surface area contributed by atoms with Crippen molar-refractivity contribution < 1.29 is 19.0 Å². The van der Waals surface area contributed by atoms with Crippen molar-refractivity contribution in [3.05, 3.63) is 52.5 Å². The van der Waals surface area contributed by atoms with Gasteiger partial charge in [0.25, 0.3) is 5.91 Å². The topological polar surface area (TPSA) is 48.0 Å². The molecule has 2 aliphatic heterocycles. The molecule has 0 spiro atoms. The minimum absolute atomic E-state index is 0.0297. The maximum absolute atomic E-state index is 13.4. The van der Waals surface area contributed by atoms with E-state index in [2.05, 4.69) is 0 Å². The van der Waals surface area contributed by atoms with Crippen LogP contribution >= 0.6 is 11.6 Å². The van der Waals surface area contributed by atoms with Crippen molar-refractivity contribution in [2.75, 3.05) is 20.4 Å². The summed E-state index contributed by atoms with van der Waals surface area (Å²) in [6.07, 6.45) is 4.16. The summed E-state index contributed by atoms with van der Waals surface area (Å²) >= 11 is 6.29. The lowest BCUT2D eigenvalue weighted by atomic mass is 10.00. The zero-order valence-corrected chi connectivity index (χ0v) is 16.0. The first kappa shape index (κ1) is 18.0. The zero-order chi connectivity index (χ0) is 18.8. The van der Waals surface area contributed by atoms with Crippen LogP contribution in [0.2, 0.25) is 5.02 Å². The fourth-order valence-corrected chi connectivity index (χ4v) is 4.05. The molecular formula is C21H22ClNO4. The van der Waals surface area contributed by atoms with E-state index >= 15 is 0 Å². The van der Waals surface area contributed by atoms with E-state index in [4.69, 9.17) is 25.8 Å². The first-order valence-corrected chi connectivity index (χ1v) is 9.59. The summed E-state index contributed by atoms with van der Waals surface area (Å²) in [6, 6.07) is 11.4. The van der Waals surface area contributed by atoms with E-state index in [0.717, 1.165) is 43.5 Å². The highest BCUT2D eigenvalue weighted by atomic mass is 35.5. The predicted octanol–water partition coefficient (Wildman–Crippen LogP) is 4.83. The second-order valence-electron chi connectivity index (χ2n) is 6.83. The summed E-state index contributed by atoms with van der Waals surface area (Å²) in [6.45, 7) is 0.854. The number of amides is 1. The van der Waals surface area contributed by atoms with E-state index in [9.17, 15) is 4.79 Å².